The van der Waals surface area contributed by atoms with Gasteiger partial charge in [-0.25, -0.2) is 0 Å². The summed E-state index contributed by atoms with van der Waals surface area (Å²) in [5.41, 5.74) is 14.8. The van der Waals surface area contributed by atoms with Crippen molar-refractivity contribution in [3.63, 3.8) is 0 Å². The molecule has 0 saturated carbocycles. The molecule has 0 aliphatic rings. The van der Waals surface area contributed by atoms with E-state index in [1.165, 1.54) is 5.56 Å². The summed E-state index contributed by atoms with van der Waals surface area (Å²) in [6.45, 7) is 11.7. The Kier molecular flexibility index (Phi) is 3.45. The lowest BCUT2D eigenvalue weighted by Crippen LogP contribution is -2.35. The molecule has 0 radical (unpaired) electrons. The van der Waals surface area contributed by atoms with Crippen LogP contribution >= 0.6 is 0 Å². The van der Waals surface area contributed by atoms with Crippen molar-refractivity contribution in [2.75, 3.05) is 13.1 Å². The van der Waals surface area contributed by atoms with Gasteiger partial charge < -0.3 is 11.5 Å². The van der Waals surface area contributed by atoms with Gasteiger partial charge in [0.15, 0.2) is 0 Å². The van der Waals surface area contributed by atoms with Crippen LogP contribution < -0.4 is 11.5 Å². The van der Waals surface area contributed by atoms with Crippen LogP contribution in [0.3, 0.4) is 0 Å². The Bertz CT molecular complexity index is 363. The van der Waals surface area contributed by atoms with E-state index in [0.717, 1.165) is 11.4 Å². The van der Waals surface area contributed by atoms with E-state index in [1.54, 1.807) is 0 Å². The highest BCUT2D eigenvalue weighted by Crippen LogP contribution is 2.33. The molecular weight excluding hydrogens is 200 g/mol. The van der Waals surface area contributed by atoms with E-state index in [1.807, 2.05) is 6.92 Å². The number of nitrogens with two attached hydrogens (primary N) is 2. The molecule has 0 spiro atoms. The first-order valence-corrected chi connectivity index (χ1v) is 5.72. The highest BCUT2D eigenvalue weighted by atomic mass is 15.1. The summed E-state index contributed by atoms with van der Waals surface area (Å²) in [5, 5.41) is 7.47. The molecule has 16 heavy (non-hydrogen) atoms. The van der Waals surface area contributed by atoms with Gasteiger partial charge in [-0.05, 0) is 6.92 Å². The molecule has 0 unspecified atom stereocenters. The van der Waals surface area contributed by atoms with Crippen molar-refractivity contribution in [2.24, 2.45) is 11.5 Å². The van der Waals surface area contributed by atoms with Gasteiger partial charge in [0.2, 0.25) is 0 Å². The molecule has 0 bridgehead atoms. The second-order valence-electron chi connectivity index (χ2n) is 5.75. The molecule has 1 aromatic heterocycles. The molecule has 92 valence electrons. The Labute approximate surface area is 97.8 Å². The van der Waals surface area contributed by atoms with E-state index in [9.17, 15) is 0 Å². The SMILES string of the molecule is Cc1[nH]nc(C(C)(C)CN)c1C(C)(C)CN. The smallest absolute Gasteiger partial charge is 0.0731 e. The topological polar surface area (TPSA) is 80.7 Å². The minimum atomic E-state index is -0.119. The molecule has 5 N–H and O–H groups in total. The van der Waals surface area contributed by atoms with Crippen LogP contribution in [0, 0.1) is 6.92 Å². The first-order chi connectivity index (χ1) is 7.26. The summed E-state index contributed by atoms with van der Waals surface area (Å²) in [7, 11) is 0. The normalized spacial score (nSPS) is 13.2. The second-order valence-corrected chi connectivity index (χ2v) is 5.75. The number of nitrogens with one attached hydrogen (secondary N) is 1. The maximum atomic E-state index is 5.85. The molecule has 0 saturated heterocycles. The number of aryl methyl sites for hydroxylation is 1. The lowest BCUT2D eigenvalue weighted by Gasteiger charge is -2.29. The van der Waals surface area contributed by atoms with Gasteiger partial charge >= 0.3 is 0 Å². The van der Waals surface area contributed by atoms with E-state index >= 15 is 0 Å². The van der Waals surface area contributed by atoms with Crippen LogP contribution in [0.1, 0.15) is 44.6 Å². The average molecular weight is 224 g/mol. The Hall–Kier alpha value is -0.870. The van der Waals surface area contributed by atoms with E-state index in [0.29, 0.717) is 13.1 Å². The van der Waals surface area contributed by atoms with Crippen LogP contribution in [0.2, 0.25) is 0 Å². The fourth-order valence-corrected chi connectivity index (χ4v) is 1.95. The Morgan fingerprint density at radius 1 is 1.06 bits per heavy atom. The van der Waals surface area contributed by atoms with Crippen molar-refractivity contribution in [3.8, 4) is 0 Å². The van der Waals surface area contributed by atoms with Crippen LogP contribution in [0.15, 0.2) is 0 Å². The quantitative estimate of drug-likeness (QED) is 0.718. The fraction of sp³-hybridized carbons (Fsp3) is 0.750. The maximum absolute atomic E-state index is 5.85. The monoisotopic (exact) mass is 224 g/mol. The molecule has 0 atom stereocenters. The third-order valence-electron chi connectivity index (χ3n) is 3.29. The molecule has 0 aliphatic carbocycles. The van der Waals surface area contributed by atoms with Gasteiger partial charge in [-0.1, -0.05) is 27.7 Å². The summed E-state index contributed by atoms with van der Waals surface area (Å²) < 4.78 is 0. The Balaban J connectivity index is 3.34. The molecule has 0 aliphatic heterocycles. The largest absolute Gasteiger partial charge is 0.330 e. The summed E-state index contributed by atoms with van der Waals surface area (Å²) in [6.07, 6.45) is 0. The van der Waals surface area contributed by atoms with Gasteiger partial charge in [-0.15, -0.1) is 0 Å². The molecular formula is C12H24N4. The van der Waals surface area contributed by atoms with E-state index in [4.69, 9.17) is 11.5 Å². The third kappa shape index (κ3) is 2.13. The number of aromatic nitrogens is 2. The molecule has 4 nitrogen and oxygen atoms in total. The second kappa shape index (κ2) is 4.18. The predicted octanol–water partition coefficient (Wildman–Crippen LogP) is 1.19. The number of aromatic amines is 1. The average Bonchev–Trinajstić information content (AvgIpc) is 2.61. The summed E-state index contributed by atoms with van der Waals surface area (Å²) in [5.74, 6) is 0. The highest BCUT2D eigenvalue weighted by Gasteiger charge is 2.33. The number of hydrogen-bond acceptors (Lipinski definition) is 3. The lowest BCUT2D eigenvalue weighted by atomic mass is 9.76. The van der Waals surface area contributed by atoms with Crippen molar-refractivity contribution in [2.45, 2.75) is 45.4 Å². The van der Waals surface area contributed by atoms with Crippen molar-refractivity contribution in [1.29, 1.82) is 0 Å². The summed E-state index contributed by atoms with van der Waals surface area (Å²) in [4.78, 5) is 0. The molecule has 0 amide bonds. The van der Waals surface area contributed by atoms with Crippen molar-refractivity contribution in [3.05, 3.63) is 17.0 Å². The standard InChI is InChI=1S/C12H24N4/c1-8-9(11(2,3)6-13)10(16-15-8)12(4,5)7-14/h6-7,13-14H2,1-5H3,(H,15,16). The predicted molar refractivity (Wildman–Crippen MR) is 67.5 cm³/mol. The van der Waals surface area contributed by atoms with E-state index < -0.39 is 0 Å². The summed E-state index contributed by atoms with van der Waals surface area (Å²) >= 11 is 0. The maximum Gasteiger partial charge on any atom is 0.0731 e. The fourth-order valence-electron chi connectivity index (χ4n) is 1.95. The van der Waals surface area contributed by atoms with Crippen LogP contribution in [-0.2, 0) is 10.8 Å². The molecule has 0 aromatic carbocycles. The zero-order chi connectivity index (χ0) is 12.6. The van der Waals surface area contributed by atoms with Gasteiger partial charge in [0.05, 0.1) is 5.69 Å². The lowest BCUT2D eigenvalue weighted by molar-refractivity contribution is 0.477. The van der Waals surface area contributed by atoms with Crippen molar-refractivity contribution in [1.82, 2.24) is 10.2 Å². The molecule has 1 heterocycles. The third-order valence-corrected chi connectivity index (χ3v) is 3.29. The van der Waals surface area contributed by atoms with Crippen LogP contribution in [0.5, 0.6) is 0 Å². The van der Waals surface area contributed by atoms with Gasteiger partial charge in [0.1, 0.15) is 0 Å². The molecule has 0 fully saturated rings. The zero-order valence-electron chi connectivity index (χ0n) is 11.0. The number of nitrogens with zero attached hydrogens (tertiary/aromatic N) is 1. The zero-order valence-corrected chi connectivity index (χ0v) is 11.0. The molecule has 1 aromatic rings. The van der Waals surface area contributed by atoms with E-state index in [2.05, 4.69) is 37.9 Å². The van der Waals surface area contributed by atoms with Crippen LogP contribution in [-0.4, -0.2) is 23.3 Å². The summed E-state index contributed by atoms with van der Waals surface area (Å²) in [6, 6.07) is 0. The van der Waals surface area contributed by atoms with Crippen LogP contribution in [0.4, 0.5) is 0 Å². The Morgan fingerprint density at radius 2 is 1.56 bits per heavy atom. The number of rotatable bonds is 4. The van der Waals surface area contributed by atoms with Gasteiger partial charge in [-0.2, -0.15) is 5.10 Å². The minimum Gasteiger partial charge on any atom is -0.330 e. The first kappa shape index (κ1) is 13.2. The number of H-pyrrole nitrogens is 1. The van der Waals surface area contributed by atoms with E-state index in [-0.39, 0.29) is 10.8 Å². The molecule has 4 heteroatoms. The van der Waals surface area contributed by atoms with Crippen molar-refractivity contribution >= 4 is 0 Å². The highest BCUT2D eigenvalue weighted by molar-refractivity contribution is 5.37. The van der Waals surface area contributed by atoms with Crippen LogP contribution in [0.25, 0.3) is 0 Å². The van der Waals surface area contributed by atoms with Gasteiger partial charge in [-0.3, -0.25) is 5.10 Å². The minimum absolute atomic E-state index is 0.0706. The van der Waals surface area contributed by atoms with Gasteiger partial charge in [0, 0.05) is 35.2 Å². The molecule has 1 rings (SSSR count). The Morgan fingerprint density at radius 3 is 2.00 bits per heavy atom. The first-order valence-electron chi connectivity index (χ1n) is 5.72. The van der Waals surface area contributed by atoms with Crippen molar-refractivity contribution < 1.29 is 0 Å². The van der Waals surface area contributed by atoms with Gasteiger partial charge in [0.25, 0.3) is 0 Å². The number of hydrogen-bond donors (Lipinski definition) is 3.